The van der Waals surface area contributed by atoms with E-state index in [-0.39, 0.29) is 4.90 Å². The number of aryl methyl sites for hydroxylation is 3. The Hall–Kier alpha value is -2.60. The Labute approximate surface area is 148 Å². The van der Waals surface area contributed by atoms with E-state index in [2.05, 4.69) is 4.98 Å². The number of sulfonamides is 1. The number of hydrogen-bond acceptors (Lipinski definition) is 4. The molecule has 2 aromatic carbocycles. The van der Waals surface area contributed by atoms with Gasteiger partial charge in [0.25, 0.3) is 10.0 Å². The predicted molar refractivity (Wildman–Crippen MR) is 98.2 cm³/mol. The quantitative estimate of drug-likeness (QED) is 0.706. The average molecular weight is 356 g/mol. The van der Waals surface area contributed by atoms with Gasteiger partial charge in [0.05, 0.1) is 16.8 Å². The molecule has 0 unspecified atom stereocenters. The monoisotopic (exact) mass is 356 g/mol. The van der Waals surface area contributed by atoms with E-state index in [1.54, 1.807) is 45.3 Å². The lowest BCUT2D eigenvalue weighted by Crippen LogP contribution is -2.27. The van der Waals surface area contributed by atoms with Crippen molar-refractivity contribution in [1.82, 2.24) is 4.98 Å². The molecule has 1 aromatic heterocycles. The molecule has 0 saturated carbocycles. The second kappa shape index (κ2) is 6.37. The molecule has 5 nitrogen and oxygen atoms in total. The summed E-state index contributed by atoms with van der Waals surface area (Å²) in [5, 5.41) is 0. The third-order valence-electron chi connectivity index (χ3n) is 4.10. The van der Waals surface area contributed by atoms with Crippen molar-refractivity contribution in [3.8, 4) is 11.3 Å². The van der Waals surface area contributed by atoms with E-state index in [0.717, 1.165) is 5.56 Å². The van der Waals surface area contributed by atoms with Crippen LogP contribution in [0.1, 0.15) is 17.0 Å². The van der Waals surface area contributed by atoms with Gasteiger partial charge in [0.2, 0.25) is 0 Å². The van der Waals surface area contributed by atoms with Gasteiger partial charge >= 0.3 is 0 Å². The fourth-order valence-corrected chi connectivity index (χ4v) is 4.07. The molecule has 0 bridgehead atoms. The minimum absolute atomic E-state index is 0.253. The van der Waals surface area contributed by atoms with Crippen LogP contribution in [0.5, 0.6) is 0 Å². The highest BCUT2D eigenvalue weighted by Gasteiger charge is 2.24. The van der Waals surface area contributed by atoms with Gasteiger partial charge in [0.15, 0.2) is 11.7 Å². The van der Waals surface area contributed by atoms with Crippen LogP contribution in [0.3, 0.4) is 0 Å². The van der Waals surface area contributed by atoms with Gasteiger partial charge in [-0.05, 0) is 43.2 Å². The van der Waals surface area contributed by atoms with E-state index in [1.807, 2.05) is 31.2 Å². The summed E-state index contributed by atoms with van der Waals surface area (Å²) in [5.41, 5.74) is 2.99. The number of anilines is 1. The molecule has 0 spiro atoms. The van der Waals surface area contributed by atoms with Crippen molar-refractivity contribution < 1.29 is 12.8 Å². The third kappa shape index (κ3) is 3.30. The van der Waals surface area contributed by atoms with Crippen LogP contribution in [0, 0.1) is 20.8 Å². The fourth-order valence-electron chi connectivity index (χ4n) is 2.64. The molecule has 130 valence electrons. The molecule has 0 fully saturated rings. The van der Waals surface area contributed by atoms with Crippen molar-refractivity contribution in [1.29, 1.82) is 0 Å². The van der Waals surface area contributed by atoms with Crippen LogP contribution in [0.15, 0.2) is 58.0 Å². The van der Waals surface area contributed by atoms with Crippen LogP contribution in [0.4, 0.5) is 5.69 Å². The molecule has 0 saturated heterocycles. The molecule has 3 aromatic rings. The molecule has 3 rings (SSSR count). The number of nitrogens with zero attached hydrogens (tertiary/aromatic N) is 2. The molecule has 0 aliphatic carbocycles. The molecule has 0 radical (unpaired) electrons. The number of rotatable bonds is 4. The second-order valence-corrected chi connectivity index (χ2v) is 7.97. The highest BCUT2D eigenvalue weighted by Crippen LogP contribution is 2.29. The lowest BCUT2D eigenvalue weighted by molar-refractivity contribution is 0.534. The number of hydrogen-bond donors (Lipinski definition) is 0. The lowest BCUT2D eigenvalue weighted by atomic mass is 10.1. The summed E-state index contributed by atoms with van der Waals surface area (Å²) in [7, 11) is -2.13. The first-order chi connectivity index (χ1) is 11.8. The zero-order valence-corrected chi connectivity index (χ0v) is 15.5. The van der Waals surface area contributed by atoms with Gasteiger partial charge in [-0.25, -0.2) is 13.4 Å². The third-order valence-corrected chi connectivity index (χ3v) is 6.03. The summed E-state index contributed by atoms with van der Waals surface area (Å²) in [4.78, 5) is 4.33. The van der Waals surface area contributed by atoms with Gasteiger partial charge in [-0.1, -0.05) is 24.3 Å². The molecule has 25 heavy (non-hydrogen) atoms. The van der Waals surface area contributed by atoms with Crippen molar-refractivity contribution in [3.05, 3.63) is 65.7 Å². The van der Waals surface area contributed by atoms with Crippen LogP contribution in [-0.4, -0.2) is 20.4 Å². The van der Waals surface area contributed by atoms with Gasteiger partial charge in [0, 0.05) is 19.5 Å². The van der Waals surface area contributed by atoms with Crippen molar-refractivity contribution >= 4 is 15.7 Å². The van der Waals surface area contributed by atoms with Crippen LogP contribution in [0.25, 0.3) is 11.3 Å². The van der Waals surface area contributed by atoms with Crippen LogP contribution >= 0.6 is 0 Å². The van der Waals surface area contributed by atoms with E-state index < -0.39 is 10.0 Å². The first kappa shape index (κ1) is 17.2. The molecule has 0 amide bonds. The highest BCUT2D eigenvalue weighted by molar-refractivity contribution is 7.92. The van der Waals surface area contributed by atoms with Crippen molar-refractivity contribution in [2.75, 3.05) is 11.4 Å². The Balaban J connectivity index is 2.07. The Morgan fingerprint density at radius 1 is 1.04 bits per heavy atom. The largest absolute Gasteiger partial charge is 0.441 e. The highest BCUT2D eigenvalue weighted by atomic mass is 32.2. The first-order valence-corrected chi connectivity index (χ1v) is 9.32. The van der Waals surface area contributed by atoms with Crippen molar-refractivity contribution in [2.24, 2.45) is 0 Å². The maximum absolute atomic E-state index is 13.1. The molecule has 0 aliphatic rings. The Bertz CT molecular complexity index is 1020. The molecule has 0 aliphatic heterocycles. The predicted octanol–water partition coefficient (Wildman–Crippen LogP) is 4.09. The van der Waals surface area contributed by atoms with Gasteiger partial charge < -0.3 is 4.42 Å². The number of aromatic nitrogens is 1. The molecular formula is C19H20N2O3S. The van der Waals surface area contributed by atoms with E-state index in [9.17, 15) is 8.42 Å². The summed E-state index contributed by atoms with van der Waals surface area (Å²) in [6.45, 7) is 5.47. The Morgan fingerprint density at radius 3 is 2.44 bits per heavy atom. The van der Waals surface area contributed by atoms with Crippen LogP contribution < -0.4 is 4.31 Å². The maximum Gasteiger partial charge on any atom is 0.264 e. The standard InChI is InChI=1S/C19H20N2O3S/c1-13-6-5-7-17(10-13)21(4)25(22,23)19-11-16(9-8-14(19)2)18-12-20-15(3)24-18/h5-12H,1-4H3. The van der Waals surface area contributed by atoms with E-state index in [0.29, 0.717) is 28.5 Å². The normalized spacial score (nSPS) is 11.5. The SMILES string of the molecule is Cc1cccc(N(C)S(=O)(=O)c2cc(-c3cnc(C)o3)ccc2C)c1. The fraction of sp³-hybridized carbons (Fsp3) is 0.211. The van der Waals surface area contributed by atoms with E-state index in [4.69, 9.17) is 4.42 Å². The minimum atomic E-state index is -3.69. The van der Waals surface area contributed by atoms with E-state index in [1.165, 1.54) is 4.31 Å². The Kier molecular flexibility index (Phi) is 4.39. The first-order valence-electron chi connectivity index (χ1n) is 7.88. The minimum Gasteiger partial charge on any atom is -0.441 e. The van der Waals surface area contributed by atoms with Gasteiger partial charge in [-0.15, -0.1) is 0 Å². The maximum atomic E-state index is 13.1. The summed E-state index contributed by atoms with van der Waals surface area (Å²) < 4.78 is 33.1. The van der Waals surface area contributed by atoms with Crippen LogP contribution in [0.2, 0.25) is 0 Å². The molecular weight excluding hydrogens is 336 g/mol. The molecule has 0 atom stereocenters. The lowest BCUT2D eigenvalue weighted by Gasteiger charge is -2.21. The summed E-state index contributed by atoms with van der Waals surface area (Å²) in [6.07, 6.45) is 1.60. The van der Waals surface area contributed by atoms with E-state index >= 15 is 0 Å². The summed E-state index contributed by atoms with van der Waals surface area (Å²) in [5.74, 6) is 1.09. The van der Waals surface area contributed by atoms with Crippen molar-refractivity contribution in [2.45, 2.75) is 25.7 Å². The topological polar surface area (TPSA) is 63.4 Å². The smallest absolute Gasteiger partial charge is 0.264 e. The number of benzene rings is 2. The van der Waals surface area contributed by atoms with Crippen LogP contribution in [-0.2, 0) is 10.0 Å². The van der Waals surface area contributed by atoms with Gasteiger partial charge in [0.1, 0.15) is 0 Å². The zero-order valence-electron chi connectivity index (χ0n) is 14.6. The molecule has 0 N–H and O–H groups in total. The molecule has 6 heteroatoms. The summed E-state index contributed by atoms with van der Waals surface area (Å²) in [6, 6.07) is 12.7. The zero-order chi connectivity index (χ0) is 18.2. The van der Waals surface area contributed by atoms with Crippen molar-refractivity contribution in [3.63, 3.8) is 0 Å². The number of oxazole rings is 1. The van der Waals surface area contributed by atoms with Gasteiger partial charge in [-0.2, -0.15) is 0 Å². The second-order valence-electron chi connectivity index (χ2n) is 6.04. The average Bonchev–Trinajstić information content (AvgIpc) is 3.01. The molecule has 1 heterocycles. The van der Waals surface area contributed by atoms with Gasteiger partial charge in [-0.3, -0.25) is 4.31 Å². The Morgan fingerprint density at radius 2 is 1.80 bits per heavy atom. The summed E-state index contributed by atoms with van der Waals surface area (Å²) >= 11 is 0.